The molecule has 0 aliphatic rings. The maximum absolute atomic E-state index is 6.55. The number of rotatable bonds is 4. The highest BCUT2D eigenvalue weighted by molar-refractivity contribution is 7.27. The van der Waals surface area contributed by atoms with E-state index in [-0.39, 0.29) is 27.3 Å². The average Bonchev–Trinajstić information content (AvgIpc) is 3.72. The molecule has 3 aromatic heterocycles. The Morgan fingerprint density at radius 1 is 0.429 bits per heavy atom. The van der Waals surface area contributed by atoms with Crippen molar-refractivity contribution in [3.05, 3.63) is 115 Å². The molecule has 0 saturated heterocycles. The van der Waals surface area contributed by atoms with Crippen molar-refractivity contribution in [2.45, 2.75) is 0 Å². The Hall–Kier alpha value is -4.84. The molecule has 0 bridgehead atoms. The lowest BCUT2D eigenvalue weighted by Crippen LogP contribution is -2.55. The first-order valence-corrected chi connectivity index (χ1v) is 17.3. The van der Waals surface area contributed by atoms with E-state index >= 15 is 0 Å². The van der Waals surface area contributed by atoms with Gasteiger partial charge < -0.3 is 0 Å². The molecule has 2 nitrogen and oxygen atoms in total. The van der Waals surface area contributed by atoms with Gasteiger partial charge in [0.1, 0.15) is 39.2 Å². The van der Waals surface area contributed by atoms with Crippen molar-refractivity contribution in [1.29, 1.82) is 0 Å². The molecule has 0 aliphatic heterocycles. The number of thiophene rings is 2. The highest BCUT2D eigenvalue weighted by Gasteiger charge is 2.21. The number of nitrogens with zero attached hydrogens (tertiary/aromatic N) is 2. The molecule has 0 fully saturated rings. The fourth-order valence-electron chi connectivity index (χ4n) is 6.78. The highest BCUT2D eigenvalue weighted by Crippen LogP contribution is 2.46. The molecule has 216 valence electrons. The van der Waals surface area contributed by atoms with E-state index in [2.05, 4.69) is 78.9 Å². The van der Waals surface area contributed by atoms with E-state index < -0.39 is 0 Å². The van der Waals surface area contributed by atoms with Gasteiger partial charge in [-0.05, 0) is 23.8 Å². The summed E-state index contributed by atoms with van der Waals surface area (Å²) in [5, 5.41) is 4.79. The highest BCUT2D eigenvalue weighted by atomic mass is 32.1. The molecular formula is C40H19B5N2S2. The number of aromatic nitrogens is 2. The van der Waals surface area contributed by atoms with Crippen LogP contribution in [0.4, 0.5) is 0 Å². The van der Waals surface area contributed by atoms with Gasteiger partial charge in [0, 0.05) is 62.6 Å². The van der Waals surface area contributed by atoms with E-state index in [0.717, 1.165) is 26.6 Å². The normalized spacial score (nSPS) is 11.7. The van der Waals surface area contributed by atoms with Crippen molar-refractivity contribution in [3.8, 4) is 45.0 Å². The van der Waals surface area contributed by atoms with Gasteiger partial charge in [0.15, 0.2) is 5.82 Å². The summed E-state index contributed by atoms with van der Waals surface area (Å²) in [5.41, 5.74) is 6.87. The zero-order valence-electron chi connectivity index (χ0n) is 26.1. The van der Waals surface area contributed by atoms with Crippen molar-refractivity contribution in [3.63, 3.8) is 0 Å². The van der Waals surface area contributed by atoms with Gasteiger partial charge in [-0.2, -0.15) is 0 Å². The molecule has 0 spiro atoms. The topological polar surface area (TPSA) is 25.8 Å². The minimum Gasteiger partial charge on any atom is -0.228 e. The molecule has 9 heteroatoms. The van der Waals surface area contributed by atoms with Gasteiger partial charge in [-0.1, -0.05) is 108 Å². The third kappa shape index (κ3) is 4.74. The summed E-state index contributed by atoms with van der Waals surface area (Å²) in [5.74, 6) is 0.534. The van der Waals surface area contributed by atoms with Gasteiger partial charge in [0.25, 0.3) is 0 Å². The minimum atomic E-state index is 0.160. The molecule has 0 unspecified atom stereocenters. The third-order valence-corrected chi connectivity index (χ3v) is 11.6. The molecule has 6 aromatic carbocycles. The Morgan fingerprint density at radius 2 is 0.959 bits per heavy atom. The third-order valence-electron chi connectivity index (χ3n) is 9.21. The second-order valence-electron chi connectivity index (χ2n) is 12.0. The molecule has 49 heavy (non-hydrogen) atoms. The van der Waals surface area contributed by atoms with Gasteiger partial charge in [-0.25, -0.2) is 9.97 Å². The van der Waals surface area contributed by atoms with E-state index in [1.807, 2.05) is 47.7 Å². The standard InChI is InChI=1S/C40H19B5N2S2/c41-33-32(34(42)36(44)37(45)35(33)43)28-19-27(20-9-2-1-3-10-20)46-40(47-28)26-16-8-18-30-31(26)25-15-7-14-24(39(25)49-30)23-13-6-12-22-21-11-4-5-17-29(21)48-38(22)23/h1-19H. The predicted octanol–water partition coefficient (Wildman–Crippen LogP) is 5.85. The summed E-state index contributed by atoms with van der Waals surface area (Å²) >= 11 is 3.62. The second kappa shape index (κ2) is 11.6. The van der Waals surface area contributed by atoms with Crippen molar-refractivity contribution in [2.24, 2.45) is 0 Å². The largest absolute Gasteiger partial charge is 0.228 e. The van der Waals surface area contributed by atoms with Crippen LogP contribution < -0.4 is 27.3 Å². The molecular weight excluding hydrogens is 627 g/mol. The SMILES string of the molecule is [B]c1c([B])c([B])c(-c2cc(-c3ccccc3)nc(-c3cccc4sc5c(-c6cccc7c6sc6ccccc67)cccc5c34)n2)c([B])c1[B]. The summed E-state index contributed by atoms with van der Waals surface area (Å²) in [6.45, 7) is 0. The molecule has 10 radical (unpaired) electrons. The molecule has 0 saturated carbocycles. The Kier molecular flexibility index (Phi) is 7.19. The number of hydrogen-bond donors (Lipinski definition) is 0. The molecule has 0 aliphatic carbocycles. The molecule has 3 heterocycles. The Balaban J connectivity index is 1.31. The second-order valence-corrected chi connectivity index (χ2v) is 14.1. The van der Waals surface area contributed by atoms with Gasteiger partial charge in [-0.15, -0.1) is 39.1 Å². The van der Waals surface area contributed by atoms with E-state index in [9.17, 15) is 0 Å². The van der Waals surface area contributed by atoms with Crippen LogP contribution in [0, 0.1) is 0 Å². The zero-order valence-corrected chi connectivity index (χ0v) is 27.7. The van der Waals surface area contributed by atoms with E-state index in [1.165, 1.54) is 36.0 Å². The van der Waals surface area contributed by atoms with Crippen LogP contribution in [-0.4, -0.2) is 49.2 Å². The van der Waals surface area contributed by atoms with Crippen LogP contribution in [0.2, 0.25) is 0 Å². The Morgan fingerprint density at radius 3 is 1.71 bits per heavy atom. The molecule has 0 amide bonds. The lowest BCUT2D eigenvalue weighted by atomic mass is 9.60. The fraction of sp³-hybridized carbons (Fsp3) is 0. The Labute approximate surface area is 298 Å². The summed E-state index contributed by atoms with van der Waals surface area (Å²) in [4.78, 5) is 10.2. The summed E-state index contributed by atoms with van der Waals surface area (Å²) in [7, 11) is 31.8. The van der Waals surface area contributed by atoms with Gasteiger partial charge in [-0.3, -0.25) is 0 Å². The van der Waals surface area contributed by atoms with Gasteiger partial charge >= 0.3 is 0 Å². The van der Waals surface area contributed by atoms with Crippen molar-refractivity contribution >= 4 is 130 Å². The van der Waals surface area contributed by atoms with Crippen LogP contribution in [0.3, 0.4) is 0 Å². The van der Waals surface area contributed by atoms with Crippen LogP contribution in [-0.2, 0) is 0 Å². The van der Waals surface area contributed by atoms with Crippen LogP contribution in [0.25, 0.3) is 85.4 Å². The van der Waals surface area contributed by atoms with Crippen molar-refractivity contribution < 1.29 is 0 Å². The maximum atomic E-state index is 6.55. The molecule has 0 N–H and O–H groups in total. The minimum absolute atomic E-state index is 0.160. The Bertz CT molecular complexity index is 2760. The predicted molar refractivity (Wildman–Crippen MR) is 216 cm³/mol. The van der Waals surface area contributed by atoms with Crippen LogP contribution in [0.15, 0.2) is 115 Å². The smallest absolute Gasteiger partial charge is 0.161 e. The average molecular weight is 646 g/mol. The zero-order chi connectivity index (χ0) is 33.4. The monoisotopic (exact) mass is 646 g/mol. The van der Waals surface area contributed by atoms with Crippen molar-refractivity contribution in [1.82, 2.24) is 9.97 Å². The van der Waals surface area contributed by atoms with E-state index in [0.29, 0.717) is 22.8 Å². The fourth-order valence-corrected chi connectivity index (χ4v) is 9.27. The number of hydrogen-bond acceptors (Lipinski definition) is 4. The first-order valence-electron chi connectivity index (χ1n) is 15.7. The lowest BCUT2D eigenvalue weighted by molar-refractivity contribution is 1.19. The lowest BCUT2D eigenvalue weighted by Gasteiger charge is -2.21. The van der Waals surface area contributed by atoms with E-state index in [4.69, 9.17) is 49.2 Å². The molecule has 9 rings (SSSR count). The summed E-state index contributed by atoms with van der Waals surface area (Å²) in [6.07, 6.45) is 0. The number of benzene rings is 6. The number of fused-ring (bicyclic) bond motifs is 6. The molecule has 0 atom stereocenters. The summed E-state index contributed by atoms with van der Waals surface area (Å²) < 4.78 is 4.92. The maximum Gasteiger partial charge on any atom is 0.161 e. The first kappa shape index (κ1) is 30.2. The molecule has 9 aromatic rings. The van der Waals surface area contributed by atoms with Gasteiger partial charge in [0.2, 0.25) is 0 Å². The van der Waals surface area contributed by atoms with Crippen LogP contribution in [0.5, 0.6) is 0 Å². The first-order chi connectivity index (χ1) is 23.9. The quantitative estimate of drug-likeness (QED) is 0.225. The van der Waals surface area contributed by atoms with Gasteiger partial charge in [0.05, 0.1) is 11.4 Å². The van der Waals surface area contributed by atoms with Crippen molar-refractivity contribution in [2.75, 3.05) is 0 Å². The van der Waals surface area contributed by atoms with Crippen LogP contribution >= 0.6 is 22.7 Å². The summed E-state index contributed by atoms with van der Waals surface area (Å²) in [6, 6.07) is 39.9. The van der Waals surface area contributed by atoms with E-state index in [1.54, 1.807) is 11.3 Å². The van der Waals surface area contributed by atoms with Crippen LogP contribution in [0.1, 0.15) is 0 Å².